The number of phenols is 2. The van der Waals surface area contributed by atoms with Crippen LogP contribution in [0.3, 0.4) is 0 Å². The monoisotopic (exact) mass is 1050 g/mol. The number of aromatic hydroxyl groups is 2. The lowest BCUT2D eigenvalue weighted by molar-refractivity contribution is -0.295. The first-order valence-electron chi connectivity index (χ1n) is 24.5. The number of hydrogen-bond acceptors (Lipinski definition) is 17. The normalized spacial score (nSPS) is 34.8. The lowest BCUT2D eigenvalue weighted by Crippen LogP contribution is -2.60. The first kappa shape index (κ1) is 60.7. The maximum Gasteiger partial charge on any atom is 0.342 e. The van der Waals surface area contributed by atoms with Crippen molar-refractivity contribution < 1.29 is 83.3 Å². The minimum Gasteiger partial charge on any atom is -0.505 e. The van der Waals surface area contributed by atoms with E-state index in [2.05, 4.69) is 0 Å². The maximum absolute atomic E-state index is 14.0. The van der Waals surface area contributed by atoms with E-state index in [1.54, 1.807) is 45.9 Å². The molecular weight excluding hydrogens is 979 g/mol. The topological polar surface area (TPSA) is 257 Å². The van der Waals surface area contributed by atoms with E-state index < -0.39 is 137 Å². The zero-order valence-corrected chi connectivity index (χ0v) is 44.8. The summed E-state index contributed by atoms with van der Waals surface area (Å²) in [6, 6.07) is 0. The molecule has 2 aliphatic heterocycles. The first-order valence-corrected chi connectivity index (χ1v) is 25.2. The molecule has 0 radical (unpaired) electrons. The number of aliphatic hydroxyl groups is 5. The second kappa shape index (κ2) is 26.6. The predicted molar refractivity (Wildman–Crippen MR) is 268 cm³/mol. The number of benzene rings is 1. The van der Waals surface area contributed by atoms with Gasteiger partial charge in [-0.2, -0.15) is 0 Å². The van der Waals surface area contributed by atoms with E-state index in [9.17, 15) is 50.1 Å². The Morgan fingerprint density at radius 2 is 1.58 bits per heavy atom. The Bertz CT molecular complexity index is 2210. The maximum atomic E-state index is 14.0. The Labute approximate surface area is 433 Å². The van der Waals surface area contributed by atoms with Crippen molar-refractivity contribution in [2.45, 2.75) is 188 Å². The number of aliphatic hydroxyl groups excluding tert-OH is 5. The zero-order valence-electron chi connectivity index (χ0n) is 43.3. The highest BCUT2D eigenvalue weighted by molar-refractivity contribution is 6.39. The highest BCUT2D eigenvalue weighted by atomic mass is 35.5. The largest absolute Gasteiger partial charge is 0.505 e. The van der Waals surface area contributed by atoms with Crippen LogP contribution in [0.25, 0.3) is 0 Å². The minimum atomic E-state index is -1.57. The highest BCUT2D eigenvalue weighted by Gasteiger charge is 2.52. The third-order valence-corrected chi connectivity index (χ3v) is 14.3. The van der Waals surface area contributed by atoms with E-state index in [-0.39, 0.29) is 47.8 Å². The molecule has 0 unspecified atom stereocenters. The average Bonchev–Trinajstić information content (AvgIpc) is 3.32. The number of hydrogen-bond donors (Lipinski definition) is 7. The van der Waals surface area contributed by atoms with Gasteiger partial charge in [0.25, 0.3) is 0 Å². The van der Waals surface area contributed by atoms with E-state index in [0.717, 1.165) is 11.1 Å². The third kappa shape index (κ3) is 14.7. The van der Waals surface area contributed by atoms with Crippen LogP contribution in [0, 0.1) is 17.3 Å². The Kier molecular flexibility index (Phi) is 22.4. The fraction of sp³-hybridized carbons (Fsp3) is 0.642. The molecule has 1 aliphatic carbocycles. The van der Waals surface area contributed by atoms with Gasteiger partial charge in [0.15, 0.2) is 23.9 Å². The van der Waals surface area contributed by atoms with Crippen LogP contribution in [0.4, 0.5) is 0 Å². The third-order valence-electron chi connectivity index (χ3n) is 13.5. The molecule has 1 aromatic carbocycles. The fourth-order valence-corrected chi connectivity index (χ4v) is 9.67. The fourth-order valence-electron chi connectivity index (χ4n) is 9.11. The summed E-state index contributed by atoms with van der Waals surface area (Å²) >= 11 is 12.3. The van der Waals surface area contributed by atoms with Crippen LogP contribution in [0.5, 0.6) is 11.5 Å². The minimum absolute atomic E-state index is 0.0253. The van der Waals surface area contributed by atoms with Crippen LogP contribution >= 0.6 is 23.2 Å². The number of carbonyl (C=O) groups excluding carboxylic acids is 3. The molecule has 0 spiro atoms. The Morgan fingerprint density at radius 1 is 0.917 bits per heavy atom. The summed E-state index contributed by atoms with van der Waals surface area (Å²) < 4.78 is 41.7. The lowest BCUT2D eigenvalue weighted by Gasteiger charge is -2.48. The molecule has 17 nitrogen and oxygen atoms in total. The van der Waals surface area contributed by atoms with Crippen molar-refractivity contribution in [3.05, 3.63) is 79.9 Å². The Hall–Kier alpha value is -3.85. The molecule has 1 aromatic rings. The summed E-state index contributed by atoms with van der Waals surface area (Å²) in [7, 11) is 1.27. The van der Waals surface area contributed by atoms with Gasteiger partial charge in [-0.1, -0.05) is 101 Å². The molecule has 3 aliphatic rings. The molecule has 7 N–H and O–H groups in total. The van der Waals surface area contributed by atoms with Crippen LogP contribution in [0.2, 0.25) is 10.0 Å². The van der Waals surface area contributed by atoms with E-state index in [0.29, 0.717) is 12.0 Å². The summed E-state index contributed by atoms with van der Waals surface area (Å²) in [5.41, 5.74) is 1.000. The molecule has 0 amide bonds. The summed E-state index contributed by atoms with van der Waals surface area (Å²) in [5, 5.41) is 76.7. The van der Waals surface area contributed by atoms with E-state index in [1.807, 2.05) is 46.8 Å². The van der Waals surface area contributed by atoms with Gasteiger partial charge in [0.2, 0.25) is 0 Å². The number of ether oxygens (including phenoxy) is 7. The highest BCUT2D eigenvalue weighted by Crippen LogP contribution is 2.45. The molecule has 1 saturated carbocycles. The van der Waals surface area contributed by atoms with Crippen LogP contribution < -0.4 is 0 Å². The van der Waals surface area contributed by atoms with E-state index in [4.69, 9.17) is 56.4 Å². The Balaban J connectivity index is 1.61. The van der Waals surface area contributed by atoms with Gasteiger partial charge in [-0.05, 0) is 83.1 Å². The predicted octanol–water partition coefficient (Wildman–Crippen LogP) is 6.90. The molecule has 19 heteroatoms. The molecule has 0 bridgehead atoms. The SMILES string of the molecule is CCc1c(Cl)c(O)c(Cl)c(O)c1C(=O)O[C@H]1[C@H](O)[C@H](OC)[C@H](OC/C2=C\C=C\C[C@H](O)/C(C)=C/[C@H](CC)[C@@H](O[C@@H]3CC(C)(C)[C@@H](OC(=O)C(C)C)[C@H](O)[C@@H]3O)/C(C)=C/C(C)=C/C[C@@H]([C@@H](C)O)OC2=O)O[C@@H]1C. The second-order valence-electron chi connectivity index (χ2n) is 20.0. The summed E-state index contributed by atoms with van der Waals surface area (Å²) in [4.78, 5) is 40.1. The van der Waals surface area contributed by atoms with Gasteiger partial charge >= 0.3 is 17.9 Å². The summed E-state index contributed by atoms with van der Waals surface area (Å²) in [5.74, 6) is -4.54. The molecule has 0 aromatic heterocycles. The second-order valence-corrected chi connectivity index (χ2v) is 20.8. The van der Waals surface area contributed by atoms with Gasteiger partial charge in [0.05, 0.1) is 53.6 Å². The van der Waals surface area contributed by atoms with Crippen molar-refractivity contribution in [1.82, 2.24) is 0 Å². The van der Waals surface area contributed by atoms with E-state index in [1.165, 1.54) is 27.0 Å². The molecule has 72 heavy (non-hydrogen) atoms. The molecule has 404 valence electrons. The number of phenolic OH excluding ortho intramolecular Hbond substituents is 2. The van der Waals surface area contributed by atoms with Crippen LogP contribution in [-0.4, -0.2) is 147 Å². The molecular formula is C53H76Cl2O17. The van der Waals surface area contributed by atoms with Gasteiger partial charge in [0.1, 0.15) is 47.2 Å². The standard InChI is InChI=1S/C53H76Cl2O17/c1-13-31-22-27(6)34(57)18-16-15-17-32(24-67-52-47(66-12)44(62)46(30(9)68-52)71-51(65)37-33(14-2)38(54)42(60)39(55)41(37)59)50(64)70-35(29(8)56)20-19-26(5)21-28(7)45(31)69-36-23-53(10,11)48(43(61)40(36)58)72-49(63)25(3)4/h15-17,19,21-22,25,29-31,34-36,40,43-48,52,56-62H,13-14,18,20,23-24H2,1-12H3/b16-15+,26-19+,27-22+,28-21+,32-17+/t29-,30-,31+,34+,35+,36-,40-,43-,44+,45+,46-,47+,48+,52-/m1/s1. The average molecular weight is 1060 g/mol. The van der Waals surface area contributed by atoms with Crippen LogP contribution in [0.15, 0.2) is 58.7 Å². The van der Waals surface area contributed by atoms with Crippen molar-refractivity contribution in [2.75, 3.05) is 13.7 Å². The number of cyclic esters (lactones) is 1. The van der Waals surface area contributed by atoms with Crippen molar-refractivity contribution >= 4 is 41.1 Å². The molecule has 2 fully saturated rings. The summed E-state index contributed by atoms with van der Waals surface area (Å²) in [6.07, 6.45) is -3.59. The number of esters is 3. The number of carbonyl (C=O) groups is 3. The number of allylic oxidation sites excluding steroid dienone is 4. The van der Waals surface area contributed by atoms with E-state index >= 15 is 0 Å². The van der Waals surface area contributed by atoms with Crippen LogP contribution in [-0.2, 0) is 49.2 Å². The quantitative estimate of drug-likeness (QED) is 0.0602. The molecule has 1 saturated heterocycles. The first-order chi connectivity index (χ1) is 33.7. The van der Waals surface area contributed by atoms with Crippen molar-refractivity contribution in [3.63, 3.8) is 0 Å². The smallest absolute Gasteiger partial charge is 0.342 e. The summed E-state index contributed by atoms with van der Waals surface area (Å²) in [6.45, 7) is 18.8. The number of methoxy groups -OCH3 is 1. The zero-order chi connectivity index (χ0) is 54.1. The lowest BCUT2D eigenvalue weighted by atomic mass is 9.70. The van der Waals surface area contributed by atoms with Gasteiger partial charge in [-0.3, -0.25) is 4.79 Å². The Morgan fingerprint density at radius 3 is 2.18 bits per heavy atom. The molecule has 4 rings (SSSR count). The van der Waals surface area contributed by atoms with Gasteiger partial charge in [-0.25, -0.2) is 9.59 Å². The van der Waals surface area contributed by atoms with Crippen molar-refractivity contribution in [2.24, 2.45) is 17.3 Å². The van der Waals surface area contributed by atoms with Crippen molar-refractivity contribution in [3.8, 4) is 11.5 Å². The van der Waals surface area contributed by atoms with Gasteiger partial charge < -0.3 is 68.9 Å². The molecule has 2 heterocycles. The van der Waals surface area contributed by atoms with Crippen LogP contribution in [0.1, 0.15) is 118 Å². The number of halogens is 2. The number of rotatable bonds is 13. The van der Waals surface area contributed by atoms with Gasteiger partial charge in [0, 0.05) is 24.9 Å². The van der Waals surface area contributed by atoms with Crippen molar-refractivity contribution in [1.29, 1.82) is 0 Å². The van der Waals surface area contributed by atoms with Gasteiger partial charge in [-0.15, -0.1) is 0 Å². The molecule has 14 atom stereocenters.